The quantitative estimate of drug-likeness (QED) is 0.487. The van der Waals surface area contributed by atoms with Gasteiger partial charge in [0.15, 0.2) is 5.65 Å². The van der Waals surface area contributed by atoms with Crippen molar-refractivity contribution in [1.29, 1.82) is 0 Å². The molecular weight excluding hydrogens is 390 g/mol. The molecule has 1 aromatic carbocycles. The Hall–Kier alpha value is -4.07. The van der Waals surface area contributed by atoms with Crippen molar-refractivity contribution >= 4 is 27.9 Å². The lowest BCUT2D eigenvalue weighted by Gasteiger charge is -2.13. The highest BCUT2D eigenvalue weighted by Crippen LogP contribution is 2.24. The van der Waals surface area contributed by atoms with E-state index in [4.69, 9.17) is 4.98 Å². The van der Waals surface area contributed by atoms with Crippen LogP contribution in [0.4, 0.5) is 5.82 Å². The minimum Gasteiger partial charge on any atom is -0.370 e. The molecule has 0 radical (unpaired) electrons. The van der Waals surface area contributed by atoms with Crippen molar-refractivity contribution in [2.24, 2.45) is 7.05 Å². The largest absolute Gasteiger partial charge is 0.370 e. The van der Waals surface area contributed by atoms with Crippen LogP contribution in [-0.4, -0.2) is 35.8 Å². The fraction of sp³-hybridized carbons (Fsp3) is 0.174. The molecule has 0 fully saturated rings. The fourth-order valence-corrected chi connectivity index (χ4v) is 3.66. The number of nitrogens with zero attached hydrogens (tertiary/aromatic N) is 6. The first-order valence-corrected chi connectivity index (χ1v) is 10.1. The summed E-state index contributed by atoms with van der Waals surface area (Å²) < 4.78 is 3.34. The van der Waals surface area contributed by atoms with E-state index in [2.05, 4.69) is 20.4 Å². The second-order valence-electron chi connectivity index (χ2n) is 7.40. The summed E-state index contributed by atoms with van der Waals surface area (Å²) in [6, 6.07) is 13.2. The number of hydrogen-bond donors (Lipinski definition) is 1. The summed E-state index contributed by atoms with van der Waals surface area (Å²) in [5, 5.41) is 8.55. The molecule has 0 aliphatic heterocycles. The highest BCUT2D eigenvalue weighted by molar-refractivity contribution is 5.85. The summed E-state index contributed by atoms with van der Waals surface area (Å²) in [6.07, 6.45) is 3.61. The number of fused-ring (bicyclic) bond motifs is 2. The molecule has 4 aromatic heterocycles. The predicted molar refractivity (Wildman–Crippen MR) is 122 cm³/mol. The molecule has 154 valence electrons. The highest BCUT2D eigenvalue weighted by atomic mass is 16.1. The number of anilines is 1. The van der Waals surface area contributed by atoms with Crippen LogP contribution in [0.5, 0.6) is 0 Å². The molecule has 4 heterocycles. The summed E-state index contributed by atoms with van der Waals surface area (Å²) in [5.74, 6) is 0.689. The molecule has 0 amide bonds. The summed E-state index contributed by atoms with van der Waals surface area (Å²) in [6.45, 7) is 4.64. The lowest BCUT2D eigenvalue weighted by atomic mass is 10.1. The van der Waals surface area contributed by atoms with Gasteiger partial charge in [0.2, 0.25) is 0 Å². The van der Waals surface area contributed by atoms with Gasteiger partial charge in [-0.3, -0.25) is 19.0 Å². The molecule has 0 atom stereocenters. The van der Waals surface area contributed by atoms with Gasteiger partial charge in [-0.25, -0.2) is 9.97 Å². The van der Waals surface area contributed by atoms with Crippen LogP contribution in [0.15, 0.2) is 59.7 Å². The molecule has 8 heteroatoms. The molecule has 31 heavy (non-hydrogen) atoms. The van der Waals surface area contributed by atoms with Gasteiger partial charge in [0.1, 0.15) is 17.0 Å². The average Bonchev–Trinajstić information content (AvgIpc) is 3.14. The zero-order chi connectivity index (χ0) is 21.5. The summed E-state index contributed by atoms with van der Waals surface area (Å²) in [4.78, 5) is 27.4. The van der Waals surface area contributed by atoms with Crippen molar-refractivity contribution in [3.8, 4) is 16.9 Å². The molecule has 5 aromatic rings. The molecule has 8 nitrogen and oxygen atoms in total. The first-order chi connectivity index (χ1) is 15.0. The number of benzene rings is 1. The Morgan fingerprint density at radius 1 is 1.03 bits per heavy atom. The van der Waals surface area contributed by atoms with E-state index in [1.165, 1.54) is 0 Å². The monoisotopic (exact) mass is 411 g/mol. The molecule has 0 unspecified atom stereocenters. The Morgan fingerprint density at radius 3 is 2.65 bits per heavy atom. The molecule has 0 saturated carbocycles. The van der Waals surface area contributed by atoms with Crippen molar-refractivity contribution in [3.05, 3.63) is 70.9 Å². The number of hydrogen-bond acceptors (Lipinski definition) is 6. The van der Waals surface area contributed by atoms with Crippen molar-refractivity contribution in [3.63, 3.8) is 0 Å². The minimum absolute atomic E-state index is 0.248. The van der Waals surface area contributed by atoms with E-state index in [9.17, 15) is 4.79 Å². The highest BCUT2D eigenvalue weighted by Gasteiger charge is 2.17. The number of nitrogens with one attached hydrogen (secondary N) is 1. The lowest BCUT2D eigenvalue weighted by molar-refractivity contribution is 0.780. The van der Waals surface area contributed by atoms with E-state index in [1.807, 2.05) is 69.6 Å². The Morgan fingerprint density at radius 2 is 1.87 bits per heavy atom. The van der Waals surface area contributed by atoms with E-state index in [1.54, 1.807) is 15.4 Å². The predicted octanol–water partition coefficient (Wildman–Crippen LogP) is 3.47. The Balaban J connectivity index is 1.81. The van der Waals surface area contributed by atoms with Crippen LogP contribution in [0.25, 0.3) is 39.0 Å². The molecular formula is C23H21N7O. The first-order valence-electron chi connectivity index (χ1n) is 10.1. The Bertz CT molecular complexity index is 1480. The standard InChI is InChI=1S/C23H21N7O/c1-4-24-20-10-9-19-22(27-20)30(17-7-5-14(2)25-12-17)23(31)21(26-19)15-6-8-18-16(11-15)13-29(3)28-18/h5-13H,4H2,1-3H3,(H,24,27). The second kappa shape index (κ2) is 7.32. The normalized spacial score (nSPS) is 11.3. The third-order valence-corrected chi connectivity index (χ3v) is 5.11. The maximum absolute atomic E-state index is 13.7. The van der Waals surface area contributed by atoms with E-state index in [0.29, 0.717) is 28.4 Å². The zero-order valence-electron chi connectivity index (χ0n) is 17.5. The van der Waals surface area contributed by atoms with E-state index >= 15 is 0 Å². The van der Waals surface area contributed by atoms with Crippen LogP contribution in [0.1, 0.15) is 12.6 Å². The van der Waals surface area contributed by atoms with Crippen LogP contribution in [-0.2, 0) is 7.05 Å². The van der Waals surface area contributed by atoms with Crippen molar-refractivity contribution < 1.29 is 0 Å². The molecule has 0 spiro atoms. The second-order valence-corrected chi connectivity index (χ2v) is 7.40. The number of aromatic nitrogens is 6. The summed E-state index contributed by atoms with van der Waals surface area (Å²) >= 11 is 0. The Labute approximate surface area is 178 Å². The van der Waals surface area contributed by atoms with Gasteiger partial charge in [0, 0.05) is 36.4 Å². The molecule has 0 bridgehead atoms. The van der Waals surface area contributed by atoms with Crippen molar-refractivity contribution in [1.82, 2.24) is 29.3 Å². The molecule has 0 aliphatic carbocycles. The molecule has 1 N–H and O–H groups in total. The zero-order valence-corrected chi connectivity index (χ0v) is 17.5. The first kappa shape index (κ1) is 18.9. The fourth-order valence-electron chi connectivity index (χ4n) is 3.66. The average molecular weight is 411 g/mol. The van der Waals surface area contributed by atoms with Gasteiger partial charge in [-0.1, -0.05) is 6.07 Å². The van der Waals surface area contributed by atoms with Gasteiger partial charge in [0.05, 0.1) is 17.4 Å². The molecule has 0 aliphatic rings. The van der Waals surface area contributed by atoms with E-state index in [-0.39, 0.29) is 5.56 Å². The van der Waals surface area contributed by atoms with E-state index in [0.717, 1.165) is 28.7 Å². The van der Waals surface area contributed by atoms with Crippen LogP contribution >= 0.6 is 0 Å². The third kappa shape index (κ3) is 3.31. The van der Waals surface area contributed by atoms with Crippen LogP contribution < -0.4 is 10.9 Å². The van der Waals surface area contributed by atoms with Gasteiger partial charge in [-0.2, -0.15) is 5.10 Å². The van der Waals surface area contributed by atoms with Gasteiger partial charge < -0.3 is 5.32 Å². The molecule has 5 rings (SSSR count). The van der Waals surface area contributed by atoms with Gasteiger partial charge >= 0.3 is 0 Å². The summed E-state index contributed by atoms with van der Waals surface area (Å²) in [7, 11) is 1.87. The van der Waals surface area contributed by atoms with Crippen molar-refractivity contribution in [2.45, 2.75) is 13.8 Å². The number of pyridine rings is 2. The smallest absolute Gasteiger partial charge is 0.283 e. The van der Waals surface area contributed by atoms with Crippen LogP contribution in [0.3, 0.4) is 0 Å². The topological polar surface area (TPSA) is 90.5 Å². The van der Waals surface area contributed by atoms with Gasteiger partial charge in [0.25, 0.3) is 5.56 Å². The maximum Gasteiger partial charge on any atom is 0.283 e. The van der Waals surface area contributed by atoms with Crippen LogP contribution in [0, 0.1) is 6.92 Å². The maximum atomic E-state index is 13.7. The Kier molecular flexibility index (Phi) is 4.47. The van der Waals surface area contributed by atoms with Crippen LogP contribution in [0.2, 0.25) is 0 Å². The van der Waals surface area contributed by atoms with Gasteiger partial charge in [-0.15, -0.1) is 0 Å². The summed E-state index contributed by atoms with van der Waals surface area (Å²) in [5.41, 5.74) is 4.35. The van der Waals surface area contributed by atoms with E-state index < -0.39 is 0 Å². The molecule has 0 saturated heterocycles. The SMILES string of the molecule is CCNc1ccc2nc(-c3ccc4nn(C)cc4c3)c(=O)n(-c3ccc(C)nc3)c2n1. The number of rotatable bonds is 4. The minimum atomic E-state index is -0.248. The van der Waals surface area contributed by atoms with Crippen molar-refractivity contribution in [2.75, 3.05) is 11.9 Å². The number of aryl methyl sites for hydroxylation is 2. The third-order valence-electron chi connectivity index (χ3n) is 5.11. The van der Waals surface area contributed by atoms with Gasteiger partial charge in [-0.05, 0) is 50.2 Å². The lowest BCUT2D eigenvalue weighted by Crippen LogP contribution is -2.23.